The summed E-state index contributed by atoms with van der Waals surface area (Å²) in [5, 5.41) is 4.40. The lowest BCUT2D eigenvalue weighted by molar-refractivity contribution is -0.138. The van der Waals surface area contributed by atoms with Gasteiger partial charge < -0.3 is 18.9 Å². The van der Waals surface area contributed by atoms with Crippen LogP contribution in [-0.4, -0.2) is 59.8 Å². The number of amides is 1. The highest BCUT2D eigenvalue weighted by Gasteiger charge is 2.23. The van der Waals surface area contributed by atoms with Gasteiger partial charge in [0.1, 0.15) is 0 Å². The molecule has 0 aliphatic carbocycles. The highest BCUT2D eigenvalue weighted by molar-refractivity contribution is 6.04. The van der Waals surface area contributed by atoms with Crippen LogP contribution in [0.5, 0.6) is 0 Å². The molecule has 0 spiro atoms. The molecule has 1 amide bonds. The second-order valence-electron chi connectivity index (χ2n) is 6.44. The second kappa shape index (κ2) is 7.77. The van der Waals surface area contributed by atoms with E-state index in [1.54, 1.807) is 17.9 Å². The summed E-state index contributed by atoms with van der Waals surface area (Å²) in [6.07, 6.45) is 0. The fraction of sp³-hybridized carbons (Fsp3) is 0.300. The first kappa shape index (κ1) is 18.1. The summed E-state index contributed by atoms with van der Waals surface area (Å²) in [6.45, 7) is 3.38. The van der Waals surface area contributed by atoms with Crippen LogP contribution in [0.3, 0.4) is 0 Å². The lowest BCUT2D eigenvalue weighted by Gasteiger charge is -2.26. The van der Waals surface area contributed by atoms with Gasteiger partial charge in [-0.15, -0.1) is 0 Å². The van der Waals surface area contributed by atoms with Crippen LogP contribution >= 0.6 is 0 Å². The van der Waals surface area contributed by atoms with E-state index in [-0.39, 0.29) is 23.8 Å². The van der Waals surface area contributed by atoms with Gasteiger partial charge >= 0.3 is 5.97 Å². The minimum atomic E-state index is -0.613. The van der Waals surface area contributed by atoms with Crippen LogP contribution in [0.1, 0.15) is 16.1 Å². The molecule has 0 bridgehead atoms. The number of nitrogens with zero attached hydrogens (tertiary/aromatic N) is 3. The van der Waals surface area contributed by atoms with Gasteiger partial charge in [0.15, 0.2) is 6.61 Å². The first-order valence-corrected chi connectivity index (χ1v) is 8.98. The summed E-state index contributed by atoms with van der Waals surface area (Å²) in [5.41, 5.74) is 2.46. The van der Waals surface area contributed by atoms with Crippen molar-refractivity contribution in [3.63, 3.8) is 0 Å². The molecule has 8 heteroatoms. The van der Waals surface area contributed by atoms with Crippen molar-refractivity contribution in [2.24, 2.45) is 0 Å². The van der Waals surface area contributed by atoms with Crippen molar-refractivity contribution in [3.8, 4) is 11.3 Å². The third-order valence-electron chi connectivity index (χ3n) is 4.60. The normalized spacial score (nSPS) is 14.2. The van der Waals surface area contributed by atoms with Crippen LogP contribution in [-0.2, 0) is 14.3 Å². The molecule has 0 N–H and O–H groups in total. The predicted molar refractivity (Wildman–Crippen MR) is 99.7 cm³/mol. The van der Waals surface area contributed by atoms with Crippen molar-refractivity contribution in [2.45, 2.75) is 6.92 Å². The molecule has 28 heavy (non-hydrogen) atoms. The maximum absolute atomic E-state index is 12.8. The zero-order valence-electron chi connectivity index (χ0n) is 15.4. The number of carbonyl (C=O) groups excluding carboxylic acids is 2. The van der Waals surface area contributed by atoms with Gasteiger partial charge in [-0.05, 0) is 13.0 Å². The van der Waals surface area contributed by atoms with E-state index < -0.39 is 5.97 Å². The molecule has 1 saturated heterocycles. The van der Waals surface area contributed by atoms with E-state index in [9.17, 15) is 9.59 Å². The zero-order chi connectivity index (χ0) is 19.5. The van der Waals surface area contributed by atoms with Gasteiger partial charge in [0, 0.05) is 18.7 Å². The molecule has 1 aliphatic rings. The Morgan fingerprint density at radius 3 is 2.68 bits per heavy atom. The van der Waals surface area contributed by atoms with Gasteiger partial charge in [0.05, 0.1) is 35.6 Å². The Kier molecular flexibility index (Phi) is 5.03. The Balaban J connectivity index is 1.60. The van der Waals surface area contributed by atoms with E-state index in [4.69, 9.17) is 14.0 Å². The van der Waals surface area contributed by atoms with Crippen LogP contribution in [0.25, 0.3) is 22.4 Å². The van der Waals surface area contributed by atoms with E-state index >= 15 is 0 Å². The monoisotopic (exact) mass is 381 g/mol. The molecule has 0 atom stereocenters. The topological polar surface area (TPSA) is 94.8 Å². The number of morpholine rings is 1. The summed E-state index contributed by atoms with van der Waals surface area (Å²) in [6, 6.07) is 11.1. The third kappa shape index (κ3) is 3.59. The summed E-state index contributed by atoms with van der Waals surface area (Å²) in [4.78, 5) is 31.1. The molecule has 1 aromatic carbocycles. The largest absolute Gasteiger partial charge is 0.452 e. The quantitative estimate of drug-likeness (QED) is 0.640. The number of benzene rings is 1. The number of pyridine rings is 1. The fourth-order valence-electron chi connectivity index (χ4n) is 3.12. The summed E-state index contributed by atoms with van der Waals surface area (Å²) < 4.78 is 15.8. The SMILES string of the molecule is Cc1noc2nc(-c3ccccc3)cc(C(=O)OCC(=O)N3CCOCC3)c12. The van der Waals surface area contributed by atoms with Crippen molar-refractivity contribution >= 4 is 23.0 Å². The third-order valence-corrected chi connectivity index (χ3v) is 4.60. The molecule has 8 nitrogen and oxygen atoms in total. The number of hydrogen-bond acceptors (Lipinski definition) is 7. The van der Waals surface area contributed by atoms with Gasteiger partial charge in [-0.2, -0.15) is 0 Å². The Hall–Kier alpha value is -3.26. The number of esters is 1. The molecule has 3 heterocycles. The highest BCUT2D eigenvalue weighted by atomic mass is 16.5. The molecular formula is C20H19N3O5. The lowest BCUT2D eigenvalue weighted by atomic mass is 10.1. The van der Waals surface area contributed by atoms with E-state index in [1.165, 1.54) is 0 Å². The van der Waals surface area contributed by atoms with E-state index in [1.807, 2.05) is 30.3 Å². The number of rotatable bonds is 4. The summed E-state index contributed by atoms with van der Waals surface area (Å²) >= 11 is 0. The van der Waals surface area contributed by atoms with Crippen molar-refractivity contribution < 1.29 is 23.6 Å². The van der Waals surface area contributed by atoms with E-state index in [0.717, 1.165) is 5.56 Å². The molecule has 0 saturated carbocycles. The first-order chi connectivity index (χ1) is 13.6. The fourth-order valence-corrected chi connectivity index (χ4v) is 3.12. The lowest BCUT2D eigenvalue weighted by Crippen LogP contribution is -2.42. The Morgan fingerprint density at radius 1 is 1.18 bits per heavy atom. The summed E-state index contributed by atoms with van der Waals surface area (Å²) in [7, 11) is 0. The van der Waals surface area contributed by atoms with Crippen LogP contribution in [0.4, 0.5) is 0 Å². The summed E-state index contributed by atoms with van der Waals surface area (Å²) in [5.74, 6) is -0.857. The average Bonchev–Trinajstić information content (AvgIpc) is 3.13. The molecule has 3 aromatic rings. The number of hydrogen-bond donors (Lipinski definition) is 0. The van der Waals surface area contributed by atoms with Crippen LogP contribution < -0.4 is 0 Å². The number of fused-ring (bicyclic) bond motifs is 1. The van der Waals surface area contributed by atoms with E-state index in [2.05, 4.69) is 10.1 Å². The Bertz CT molecular complexity index is 1010. The van der Waals surface area contributed by atoms with E-state index in [0.29, 0.717) is 43.1 Å². The van der Waals surface area contributed by atoms with Crippen LogP contribution in [0.2, 0.25) is 0 Å². The number of aryl methyl sites for hydroxylation is 1. The van der Waals surface area contributed by atoms with Crippen LogP contribution in [0, 0.1) is 6.92 Å². The molecule has 4 rings (SSSR count). The first-order valence-electron chi connectivity index (χ1n) is 8.98. The number of aromatic nitrogens is 2. The van der Waals surface area contributed by atoms with Gasteiger partial charge in [-0.25, -0.2) is 9.78 Å². The molecule has 1 fully saturated rings. The highest BCUT2D eigenvalue weighted by Crippen LogP contribution is 2.27. The van der Waals surface area contributed by atoms with Gasteiger partial charge in [0.2, 0.25) is 0 Å². The van der Waals surface area contributed by atoms with Crippen molar-refractivity contribution in [2.75, 3.05) is 32.9 Å². The molecule has 2 aromatic heterocycles. The Labute approximate surface area is 161 Å². The van der Waals surface area contributed by atoms with Gasteiger partial charge in [-0.1, -0.05) is 35.5 Å². The molecule has 0 radical (unpaired) electrons. The molecule has 144 valence electrons. The van der Waals surface area contributed by atoms with Gasteiger partial charge in [0.25, 0.3) is 11.6 Å². The number of carbonyl (C=O) groups is 2. The molecule has 0 unspecified atom stereocenters. The maximum atomic E-state index is 12.8. The minimum absolute atomic E-state index is 0.243. The average molecular weight is 381 g/mol. The smallest absolute Gasteiger partial charge is 0.339 e. The van der Waals surface area contributed by atoms with Crippen molar-refractivity contribution in [1.82, 2.24) is 15.0 Å². The molecule has 1 aliphatic heterocycles. The minimum Gasteiger partial charge on any atom is -0.452 e. The standard InChI is InChI=1S/C20H19N3O5/c1-13-18-15(20(25)27-12-17(24)23-7-9-26-10-8-23)11-16(21-19(18)28-22-13)14-5-3-2-4-6-14/h2-6,11H,7-10,12H2,1H3. The predicted octanol–water partition coefficient (Wildman–Crippen LogP) is 2.21. The zero-order valence-corrected chi connectivity index (χ0v) is 15.4. The maximum Gasteiger partial charge on any atom is 0.339 e. The number of ether oxygens (including phenoxy) is 2. The van der Waals surface area contributed by atoms with Crippen molar-refractivity contribution in [3.05, 3.63) is 47.7 Å². The van der Waals surface area contributed by atoms with Gasteiger partial charge in [-0.3, -0.25) is 4.79 Å². The van der Waals surface area contributed by atoms with Crippen molar-refractivity contribution in [1.29, 1.82) is 0 Å². The molecular weight excluding hydrogens is 362 g/mol. The Morgan fingerprint density at radius 2 is 1.93 bits per heavy atom. The van der Waals surface area contributed by atoms with Crippen LogP contribution in [0.15, 0.2) is 40.9 Å². The second-order valence-corrected chi connectivity index (χ2v) is 6.44.